The molecule has 0 spiro atoms. The molecule has 0 aliphatic rings. The number of anilines is 1. The number of amides is 1. The van der Waals surface area contributed by atoms with Crippen molar-refractivity contribution in [1.82, 2.24) is 0 Å². The molecule has 0 heterocycles. The van der Waals surface area contributed by atoms with E-state index in [0.717, 1.165) is 0 Å². The summed E-state index contributed by atoms with van der Waals surface area (Å²) in [7, 11) is 0. The number of hydrogen-bond acceptors (Lipinski definition) is 3. The number of hydrogen-bond donors (Lipinski definition) is 3. The van der Waals surface area contributed by atoms with Crippen molar-refractivity contribution >= 4 is 17.6 Å². The summed E-state index contributed by atoms with van der Waals surface area (Å²) in [4.78, 5) is 21.9. The van der Waals surface area contributed by atoms with E-state index in [4.69, 9.17) is 10.8 Å². The van der Waals surface area contributed by atoms with Gasteiger partial charge in [-0.25, -0.2) is 0 Å². The normalized spacial score (nSPS) is 11.9. The van der Waals surface area contributed by atoms with Gasteiger partial charge in [-0.3, -0.25) is 9.59 Å². The molecule has 1 aromatic rings. The van der Waals surface area contributed by atoms with Crippen LogP contribution < -0.4 is 11.1 Å². The van der Waals surface area contributed by atoms with Crippen molar-refractivity contribution in [3.8, 4) is 0 Å². The number of carboxylic acids is 1. The van der Waals surface area contributed by atoms with E-state index in [9.17, 15) is 9.59 Å². The zero-order valence-corrected chi connectivity index (χ0v) is 9.64. The number of nitrogens with two attached hydrogens (primary N) is 1. The summed E-state index contributed by atoms with van der Waals surface area (Å²) < 4.78 is 0. The second kappa shape index (κ2) is 6.00. The number of benzene rings is 1. The second-order valence-electron chi connectivity index (χ2n) is 4.00. The first-order valence-corrected chi connectivity index (χ1v) is 5.33. The number of carbonyl (C=O) groups is 2. The highest BCUT2D eigenvalue weighted by Crippen LogP contribution is 2.10. The molecule has 4 N–H and O–H groups in total. The maximum Gasteiger partial charge on any atom is 0.307 e. The number of aliphatic carboxylic acids is 1. The van der Waals surface area contributed by atoms with Crippen molar-refractivity contribution in [2.45, 2.75) is 25.8 Å². The molecule has 0 aliphatic carbocycles. The monoisotopic (exact) mass is 236 g/mol. The zero-order valence-electron chi connectivity index (χ0n) is 9.64. The standard InChI is InChI=1S/C12H16N2O3/c1-8(13)6-11(15)14-10-4-2-9(3-5-10)7-12(16)17/h2-5,8H,6-7,13H2,1H3,(H,14,15)(H,16,17). The smallest absolute Gasteiger partial charge is 0.307 e. The molecule has 1 rings (SSSR count). The minimum atomic E-state index is -0.876. The first kappa shape index (κ1) is 13.2. The van der Waals surface area contributed by atoms with Crippen molar-refractivity contribution in [3.63, 3.8) is 0 Å². The van der Waals surface area contributed by atoms with E-state index < -0.39 is 5.97 Å². The molecule has 0 radical (unpaired) electrons. The molecule has 0 aliphatic heterocycles. The Balaban J connectivity index is 2.56. The molecular weight excluding hydrogens is 220 g/mol. The molecule has 0 saturated heterocycles. The van der Waals surface area contributed by atoms with Gasteiger partial charge in [-0.15, -0.1) is 0 Å². The van der Waals surface area contributed by atoms with Crippen molar-refractivity contribution in [3.05, 3.63) is 29.8 Å². The maximum atomic E-state index is 11.4. The summed E-state index contributed by atoms with van der Waals surface area (Å²) in [5.74, 6) is -1.02. The van der Waals surface area contributed by atoms with Crippen LogP contribution in [0, 0.1) is 0 Å². The van der Waals surface area contributed by atoms with E-state index in [0.29, 0.717) is 11.3 Å². The predicted molar refractivity (Wildman–Crippen MR) is 64.7 cm³/mol. The lowest BCUT2D eigenvalue weighted by atomic mass is 10.1. The molecule has 92 valence electrons. The predicted octanol–water partition coefficient (Wildman–Crippen LogP) is 0.989. The fourth-order valence-electron chi connectivity index (χ4n) is 1.39. The Kier molecular flexibility index (Phi) is 4.66. The lowest BCUT2D eigenvalue weighted by molar-refractivity contribution is -0.136. The highest BCUT2D eigenvalue weighted by Gasteiger charge is 2.05. The lowest BCUT2D eigenvalue weighted by Crippen LogP contribution is -2.23. The Hall–Kier alpha value is -1.88. The Morgan fingerprint density at radius 3 is 2.41 bits per heavy atom. The summed E-state index contributed by atoms with van der Waals surface area (Å²) in [6.07, 6.45) is 0.241. The molecule has 0 fully saturated rings. The van der Waals surface area contributed by atoms with Crippen LogP contribution in [-0.4, -0.2) is 23.0 Å². The molecule has 17 heavy (non-hydrogen) atoms. The average molecular weight is 236 g/mol. The Labute approximate surface area is 99.6 Å². The van der Waals surface area contributed by atoms with Gasteiger partial charge in [-0.2, -0.15) is 0 Å². The van der Waals surface area contributed by atoms with Crippen LogP contribution in [0.2, 0.25) is 0 Å². The van der Waals surface area contributed by atoms with Crippen LogP contribution in [-0.2, 0) is 16.0 Å². The maximum absolute atomic E-state index is 11.4. The van der Waals surface area contributed by atoms with Crippen LogP contribution in [0.25, 0.3) is 0 Å². The van der Waals surface area contributed by atoms with Gasteiger partial charge in [-0.05, 0) is 24.6 Å². The first-order chi connectivity index (χ1) is 7.97. The Bertz CT molecular complexity index is 399. The van der Waals surface area contributed by atoms with E-state index >= 15 is 0 Å². The van der Waals surface area contributed by atoms with Gasteiger partial charge in [0.2, 0.25) is 5.91 Å². The summed E-state index contributed by atoms with van der Waals surface area (Å²) >= 11 is 0. The Morgan fingerprint density at radius 1 is 1.35 bits per heavy atom. The first-order valence-electron chi connectivity index (χ1n) is 5.33. The lowest BCUT2D eigenvalue weighted by Gasteiger charge is -2.07. The third-order valence-electron chi connectivity index (χ3n) is 2.10. The molecule has 1 unspecified atom stereocenters. The molecule has 1 aromatic carbocycles. The van der Waals surface area contributed by atoms with Crippen molar-refractivity contribution in [1.29, 1.82) is 0 Å². The molecule has 5 heteroatoms. The van der Waals surface area contributed by atoms with Gasteiger partial charge in [0.15, 0.2) is 0 Å². The zero-order chi connectivity index (χ0) is 12.8. The molecule has 0 bridgehead atoms. The highest BCUT2D eigenvalue weighted by atomic mass is 16.4. The summed E-state index contributed by atoms with van der Waals surface area (Å²) in [5, 5.41) is 11.3. The van der Waals surface area contributed by atoms with Crippen molar-refractivity contribution < 1.29 is 14.7 Å². The van der Waals surface area contributed by atoms with E-state index in [2.05, 4.69) is 5.32 Å². The molecule has 1 atom stereocenters. The van der Waals surface area contributed by atoms with Crippen LogP contribution in [0.3, 0.4) is 0 Å². The van der Waals surface area contributed by atoms with Gasteiger partial charge in [0, 0.05) is 18.2 Å². The minimum absolute atomic E-state index is 0.0198. The molecule has 1 amide bonds. The van der Waals surface area contributed by atoms with Crippen LogP contribution in [0.5, 0.6) is 0 Å². The van der Waals surface area contributed by atoms with Gasteiger partial charge in [0.1, 0.15) is 0 Å². The van der Waals surface area contributed by atoms with Gasteiger partial charge in [0.25, 0.3) is 0 Å². The Morgan fingerprint density at radius 2 is 1.94 bits per heavy atom. The third kappa shape index (κ3) is 5.12. The quantitative estimate of drug-likeness (QED) is 0.710. The summed E-state index contributed by atoms with van der Waals surface area (Å²) in [6, 6.07) is 6.53. The average Bonchev–Trinajstić information content (AvgIpc) is 2.18. The van der Waals surface area contributed by atoms with Crippen LogP contribution >= 0.6 is 0 Å². The largest absolute Gasteiger partial charge is 0.481 e. The van der Waals surface area contributed by atoms with Crippen LogP contribution in [0.1, 0.15) is 18.9 Å². The SMILES string of the molecule is CC(N)CC(=O)Nc1ccc(CC(=O)O)cc1. The van der Waals surface area contributed by atoms with E-state index in [1.54, 1.807) is 31.2 Å². The van der Waals surface area contributed by atoms with Crippen LogP contribution in [0.15, 0.2) is 24.3 Å². The van der Waals surface area contributed by atoms with Gasteiger partial charge in [-0.1, -0.05) is 12.1 Å². The van der Waals surface area contributed by atoms with E-state index in [1.165, 1.54) is 0 Å². The third-order valence-corrected chi connectivity index (χ3v) is 2.10. The summed E-state index contributed by atoms with van der Waals surface area (Å²) in [5.41, 5.74) is 6.84. The number of carbonyl (C=O) groups excluding carboxylic acids is 1. The van der Waals surface area contributed by atoms with E-state index in [-0.39, 0.29) is 24.8 Å². The van der Waals surface area contributed by atoms with Crippen LogP contribution in [0.4, 0.5) is 5.69 Å². The highest BCUT2D eigenvalue weighted by molar-refractivity contribution is 5.91. The minimum Gasteiger partial charge on any atom is -0.481 e. The van der Waals surface area contributed by atoms with Crippen molar-refractivity contribution in [2.24, 2.45) is 5.73 Å². The molecule has 5 nitrogen and oxygen atoms in total. The molecular formula is C12H16N2O3. The van der Waals surface area contributed by atoms with Gasteiger partial charge in [0.05, 0.1) is 6.42 Å². The number of nitrogens with one attached hydrogen (secondary N) is 1. The van der Waals surface area contributed by atoms with Gasteiger partial charge >= 0.3 is 5.97 Å². The van der Waals surface area contributed by atoms with Gasteiger partial charge < -0.3 is 16.2 Å². The fraction of sp³-hybridized carbons (Fsp3) is 0.333. The summed E-state index contributed by atoms with van der Waals surface area (Å²) in [6.45, 7) is 1.76. The topological polar surface area (TPSA) is 92.4 Å². The van der Waals surface area contributed by atoms with E-state index in [1.807, 2.05) is 0 Å². The molecule has 0 saturated carbocycles. The number of carboxylic acid groups (broad SMARTS) is 1. The second-order valence-corrected chi connectivity index (χ2v) is 4.00. The molecule has 0 aromatic heterocycles. The van der Waals surface area contributed by atoms with Crippen molar-refractivity contribution in [2.75, 3.05) is 5.32 Å². The fourth-order valence-corrected chi connectivity index (χ4v) is 1.39. The number of rotatable bonds is 5.